The molecule has 0 saturated carbocycles. The van der Waals surface area contributed by atoms with Gasteiger partial charge in [-0.3, -0.25) is 0 Å². The normalized spacial score (nSPS) is 18.7. The Kier molecular flexibility index (Phi) is 3.58. The Morgan fingerprint density at radius 3 is 3.00 bits per heavy atom. The number of hydrogen-bond donors (Lipinski definition) is 1. The second kappa shape index (κ2) is 5.37. The lowest BCUT2D eigenvalue weighted by atomic mass is 10.4. The van der Waals surface area contributed by atoms with Crippen molar-refractivity contribution < 1.29 is 4.74 Å². The van der Waals surface area contributed by atoms with Gasteiger partial charge < -0.3 is 15.4 Å². The molecule has 0 bridgehead atoms. The van der Waals surface area contributed by atoms with Crippen LogP contribution in [0, 0.1) is 0 Å². The van der Waals surface area contributed by atoms with Crippen LogP contribution in [0.4, 0.5) is 11.6 Å². The minimum absolute atomic E-state index is 0.0195. The van der Waals surface area contributed by atoms with Crippen molar-refractivity contribution in [3.8, 4) is 5.95 Å². The molecule has 0 aliphatic carbocycles. The maximum atomic E-state index is 5.98. The number of nitrogen functional groups attached to an aromatic ring is 1. The third kappa shape index (κ3) is 2.25. The molecule has 20 heavy (non-hydrogen) atoms. The molecule has 8 heteroatoms. The van der Waals surface area contributed by atoms with Crippen LogP contribution in [0.2, 0.25) is 0 Å². The highest BCUT2D eigenvalue weighted by molar-refractivity contribution is 9.10. The number of ether oxygens (including phenoxy) is 1. The van der Waals surface area contributed by atoms with Gasteiger partial charge in [-0.05, 0) is 34.8 Å². The molecule has 1 fully saturated rings. The first-order valence-electron chi connectivity index (χ1n) is 6.33. The lowest BCUT2D eigenvalue weighted by molar-refractivity contribution is 0.111. The third-order valence-electron chi connectivity index (χ3n) is 3.30. The molecule has 0 unspecified atom stereocenters. The second-order valence-corrected chi connectivity index (χ2v) is 5.32. The lowest BCUT2D eigenvalue weighted by Gasteiger charge is -2.25. The molecule has 2 aromatic heterocycles. The van der Waals surface area contributed by atoms with Crippen LogP contribution < -0.4 is 10.6 Å². The predicted octanol–water partition coefficient (Wildman–Crippen LogP) is 1.58. The maximum Gasteiger partial charge on any atom is 0.254 e. The van der Waals surface area contributed by atoms with E-state index in [1.807, 2.05) is 6.07 Å². The van der Waals surface area contributed by atoms with Crippen molar-refractivity contribution in [2.45, 2.75) is 19.1 Å². The molecule has 106 valence electrons. The SMILES string of the molecule is CO[C@H]1CCCN1c1nc(-n2cccn2)nc(N)c1Br. The molecule has 3 rings (SSSR count). The molecule has 1 saturated heterocycles. The summed E-state index contributed by atoms with van der Waals surface area (Å²) in [5.74, 6) is 1.59. The summed E-state index contributed by atoms with van der Waals surface area (Å²) in [6, 6.07) is 1.81. The summed E-state index contributed by atoms with van der Waals surface area (Å²) in [5.41, 5.74) is 5.98. The van der Waals surface area contributed by atoms with E-state index in [9.17, 15) is 0 Å². The first-order valence-corrected chi connectivity index (χ1v) is 7.12. The van der Waals surface area contributed by atoms with Crippen LogP contribution in [0.1, 0.15) is 12.8 Å². The van der Waals surface area contributed by atoms with E-state index in [1.54, 1.807) is 24.2 Å². The molecule has 1 atom stereocenters. The van der Waals surface area contributed by atoms with Crippen molar-refractivity contribution in [2.75, 3.05) is 24.3 Å². The van der Waals surface area contributed by atoms with Crippen LogP contribution in [0.5, 0.6) is 0 Å². The van der Waals surface area contributed by atoms with E-state index in [1.165, 1.54) is 0 Å². The molecular weight excluding hydrogens is 324 g/mol. The quantitative estimate of drug-likeness (QED) is 0.914. The zero-order valence-corrected chi connectivity index (χ0v) is 12.6. The average molecular weight is 339 g/mol. The molecular formula is C12H15BrN6O. The highest BCUT2D eigenvalue weighted by atomic mass is 79.9. The number of rotatable bonds is 3. The summed E-state index contributed by atoms with van der Waals surface area (Å²) in [5, 5.41) is 4.14. The number of aromatic nitrogens is 4. The molecule has 7 nitrogen and oxygen atoms in total. The van der Waals surface area contributed by atoms with Crippen LogP contribution in [-0.2, 0) is 4.74 Å². The van der Waals surface area contributed by atoms with E-state index in [-0.39, 0.29) is 6.23 Å². The van der Waals surface area contributed by atoms with Crippen LogP contribution in [0.3, 0.4) is 0 Å². The fourth-order valence-corrected chi connectivity index (χ4v) is 2.75. The Balaban J connectivity index is 2.06. The van der Waals surface area contributed by atoms with E-state index < -0.39 is 0 Å². The minimum atomic E-state index is 0.0195. The van der Waals surface area contributed by atoms with Crippen molar-refractivity contribution in [3.63, 3.8) is 0 Å². The van der Waals surface area contributed by atoms with Gasteiger partial charge in [-0.25, -0.2) is 4.68 Å². The van der Waals surface area contributed by atoms with Gasteiger partial charge in [0.2, 0.25) is 0 Å². The zero-order valence-electron chi connectivity index (χ0n) is 11.0. The standard InChI is InChI=1S/C12H15BrN6O/c1-20-8-4-2-6-18(8)11-9(13)10(14)16-12(17-11)19-7-3-5-15-19/h3,5,7-8H,2,4,6H2,1H3,(H2,14,16,17)/t8-/m0/s1. The Morgan fingerprint density at radius 2 is 2.30 bits per heavy atom. The Hall–Kier alpha value is -1.67. The van der Waals surface area contributed by atoms with Gasteiger partial charge in [-0.15, -0.1) is 0 Å². The molecule has 2 N–H and O–H groups in total. The topological polar surface area (TPSA) is 82.1 Å². The van der Waals surface area contributed by atoms with E-state index in [2.05, 4.69) is 35.9 Å². The fourth-order valence-electron chi connectivity index (χ4n) is 2.34. The number of anilines is 2. The highest BCUT2D eigenvalue weighted by Crippen LogP contribution is 2.33. The smallest absolute Gasteiger partial charge is 0.254 e. The Labute approximate surface area is 124 Å². The van der Waals surface area contributed by atoms with E-state index in [4.69, 9.17) is 10.5 Å². The zero-order chi connectivity index (χ0) is 14.1. The molecule has 2 aromatic rings. The van der Waals surface area contributed by atoms with Crippen molar-refractivity contribution in [3.05, 3.63) is 22.9 Å². The first kappa shape index (κ1) is 13.3. The summed E-state index contributed by atoms with van der Waals surface area (Å²) >= 11 is 3.47. The van der Waals surface area contributed by atoms with Gasteiger partial charge in [0.1, 0.15) is 16.5 Å². The van der Waals surface area contributed by atoms with Crippen LogP contribution >= 0.6 is 15.9 Å². The van der Waals surface area contributed by atoms with E-state index in [0.717, 1.165) is 25.2 Å². The number of methoxy groups -OCH3 is 1. The summed E-state index contributed by atoms with van der Waals surface area (Å²) < 4.78 is 7.76. The van der Waals surface area contributed by atoms with Crippen LogP contribution in [-0.4, -0.2) is 39.6 Å². The van der Waals surface area contributed by atoms with Gasteiger partial charge in [0.25, 0.3) is 5.95 Å². The molecule has 0 amide bonds. The summed E-state index contributed by atoms with van der Waals surface area (Å²) in [6.07, 6.45) is 5.51. The minimum Gasteiger partial charge on any atom is -0.383 e. The van der Waals surface area contributed by atoms with Crippen molar-refractivity contribution in [1.82, 2.24) is 19.7 Å². The monoisotopic (exact) mass is 338 g/mol. The first-order chi connectivity index (χ1) is 9.70. The molecule has 3 heterocycles. The number of nitrogens with two attached hydrogens (primary N) is 1. The van der Waals surface area contributed by atoms with Gasteiger partial charge in [0, 0.05) is 26.0 Å². The van der Waals surface area contributed by atoms with Crippen molar-refractivity contribution >= 4 is 27.6 Å². The second-order valence-electron chi connectivity index (χ2n) is 4.52. The predicted molar refractivity (Wildman–Crippen MR) is 78.6 cm³/mol. The fraction of sp³-hybridized carbons (Fsp3) is 0.417. The van der Waals surface area contributed by atoms with Gasteiger partial charge in [0.15, 0.2) is 5.82 Å². The highest BCUT2D eigenvalue weighted by Gasteiger charge is 2.28. The Morgan fingerprint density at radius 1 is 1.45 bits per heavy atom. The molecule has 0 spiro atoms. The number of halogens is 1. The van der Waals surface area contributed by atoms with Crippen molar-refractivity contribution in [2.24, 2.45) is 0 Å². The number of nitrogens with zero attached hydrogens (tertiary/aromatic N) is 5. The summed E-state index contributed by atoms with van der Waals surface area (Å²) in [7, 11) is 1.70. The van der Waals surface area contributed by atoms with Crippen molar-refractivity contribution in [1.29, 1.82) is 0 Å². The largest absolute Gasteiger partial charge is 0.383 e. The third-order valence-corrected chi connectivity index (χ3v) is 4.06. The number of hydrogen-bond acceptors (Lipinski definition) is 6. The van der Waals surface area contributed by atoms with Gasteiger partial charge in [-0.1, -0.05) is 0 Å². The van der Waals surface area contributed by atoms with Crippen LogP contribution in [0.15, 0.2) is 22.9 Å². The van der Waals surface area contributed by atoms with Gasteiger partial charge in [0.05, 0.1) is 0 Å². The Bertz CT molecular complexity index is 602. The van der Waals surface area contributed by atoms with Gasteiger partial charge >= 0.3 is 0 Å². The summed E-state index contributed by atoms with van der Waals surface area (Å²) in [6.45, 7) is 0.881. The molecule has 0 radical (unpaired) electrons. The maximum absolute atomic E-state index is 5.98. The molecule has 1 aliphatic rings. The average Bonchev–Trinajstić information content (AvgIpc) is 3.11. The van der Waals surface area contributed by atoms with E-state index >= 15 is 0 Å². The van der Waals surface area contributed by atoms with E-state index in [0.29, 0.717) is 16.2 Å². The molecule has 1 aliphatic heterocycles. The van der Waals surface area contributed by atoms with Crippen LogP contribution in [0.25, 0.3) is 5.95 Å². The lowest BCUT2D eigenvalue weighted by Crippen LogP contribution is -2.32. The molecule has 0 aromatic carbocycles. The van der Waals surface area contributed by atoms with Gasteiger partial charge in [-0.2, -0.15) is 15.1 Å². The summed E-state index contributed by atoms with van der Waals surface area (Å²) in [4.78, 5) is 10.9.